The Morgan fingerprint density at radius 3 is 2.89 bits per heavy atom. The van der Waals surface area contributed by atoms with Crippen molar-refractivity contribution in [3.05, 3.63) is 29.3 Å². The molecule has 1 aliphatic rings. The summed E-state index contributed by atoms with van der Waals surface area (Å²) in [5.41, 5.74) is 5.36. The largest absolute Gasteiger partial charge is 0.485 e. The maximum Gasteiger partial charge on any atom is 0.221 e. The van der Waals surface area contributed by atoms with Crippen LogP contribution >= 0.6 is 0 Å². The Hall–Kier alpha value is -2.10. The first kappa shape index (κ1) is 13.3. The molecule has 0 saturated heterocycles. The van der Waals surface area contributed by atoms with Crippen molar-refractivity contribution in [1.82, 2.24) is 10.9 Å². The summed E-state index contributed by atoms with van der Waals surface area (Å²) in [6, 6.07) is 6.47. The normalized spacial score (nSPS) is 23.7. The highest BCUT2D eigenvalue weighted by Gasteiger charge is 2.42. The summed E-state index contributed by atoms with van der Waals surface area (Å²) in [4.78, 5) is 10.4. The van der Waals surface area contributed by atoms with E-state index in [2.05, 4.69) is 10.9 Å². The molecule has 1 heterocycles. The maximum atomic E-state index is 10.4. The van der Waals surface area contributed by atoms with E-state index in [0.29, 0.717) is 23.3 Å². The monoisotopic (exact) mass is 261 g/mol. The van der Waals surface area contributed by atoms with E-state index in [1.54, 1.807) is 32.0 Å². The van der Waals surface area contributed by atoms with Crippen molar-refractivity contribution < 1.29 is 14.6 Å². The van der Waals surface area contributed by atoms with Crippen LogP contribution in [0.5, 0.6) is 5.75 Å². The second kappa shape index (κ2) is 4.88. The van der Waals surface area contributed by atoms with Gasteiger partial charge in [0, 0.05) is 5.56 Å². The minimum absolute atomic E-state index is 0.465. The summed E-state index contributed by atoms with van der Waals surface area (Å²) >= 11 is 0. The maximum absolute atomic E-state index is 10.4. The van der Waals surface area contributed by atoms with Crippen molar-refractivity contribution in [3.63, 3.8) is 0 Å². The zero-order chi connectivity index (χ0) is 14.0. The number of ether oxygens (including phenoxy) is 1. The number of aliphatic hydroxyl groups is 1. The molecule has 0 aromatic heterocycles. The number of nitriles is 1. The van der Waals surface area contributed by atoms with Crippen LogP contribution in [0.3, 0.4) is 0 Å². The highest BCUT2D eigenvalue weighted by molar-refractivity contribution is 5.48. The number of carbonyl (C=O) groups is 1. The smallest absolute Gasteiger partial charge is 0.221 e. The average molecular weight is 261 g/mol. The molecule has 0 bridgehead atoms. The molecular weight excluding hydrogens is 246 g/mol. The average Bonchev–Trinajstić information content (AvgIpc) is 2.39. The molecule has 6 heteroatoms. The van der Waals surface area contributed by atoms with Gasteiger partial charge in [0.1, 0.15) is 17.5 Å². The number of benzene rings is 1. The van der Waals surface area contributed by atoms with E-state index in [4.69, 9.17) is 10.00 Å². The highest BCUT2D eigenvalue weighted by Crippen LogP contribution is 2.39. The quantitative estimate of drug-likeness (QED) is 0.540. The van der Waals surface area contributed by atoms with Gasteiger partial charge in [-0.15, -0.1) is 0 Å². The molecule has 2 rings (SSSR count). The number of hydrazine groups is 1. The predicted molar refractivity (Wildman–Crippen MR) is 66.9 cm³/mol. The van der Waals surface area contributed by atoms with Crippen molar-refractivity contribution in [2.75, 3.05) is 0 Å². The summed E-state index contributed by atoms with van der Waals surface area (Å²) in [6.07, 6.45) is -0.385. The number of aliphatic hydroxyl groups excluding tert-OH is 1. The van der Waals surface area contributed by atoms with Crippen LogP contribution in [0.25, 0.3) is 0 Å². The molecule has 19 heavy (non-hydrogen) atoms. The number of rotatable bonds is 3. The summed E-state index contributed by atoms with van der Waals surface area (Å²) in [5, 5.41) is 19.2. The van der Waals surface area contributed by atoms with Gasteiger partial charge >= 0.3 is 0 Å². The molecule has 1 aliphatic heterocycles. The molecule has 0 aliphatic carbocycles. The van der Waals surface area contributed by atoms with Crippen LogP contribution < -0.4 is 15.6 Å². The second-order valence-corrected chi connectivity index (χ2v) is 4.90. The van der Waals surface area contributed by atoms with Crippen molar-refractivity contribution in [2.24, 2.45) is 0 Å². The molecule has 0 saturated carbocycles. The first-order chi connectivity index (χ1) is 8.99. The van der Waals surface area contributed by atoms with Gasteiger partial charge in [-0.3, -0.25) is 10.2 Å². The molecule has 0 fully saturated rings. The van der Waals surface area contributed by atoms with Crippen molar-refractivity contribution in [2.45, 2.75) is 31.6 Å². The van der Waals surface area contributed by atoms with Crippen LogP contribution in [0.15, 0.2) is 18.2 Å². The van der Waals surface area contributed by atoms with E-state index in [9.17, 15) is 9.90 Å². The van der Waals surface area contributed by atoms with E-state index in [1.165, 1.54) is 0 Å². The third-order valence-electron chi connectivity index (χ3n) is 3.17. The molecular formula is C13H15N3O3. The minimum atomic E-state index is -0.874. The molecule has 2 atom stereocenters. The second-order valence-electron chi connectivity index (χ2n) is 4.90. The Balaban J connectivity index is 2.46. The van der Waals surface area contributed by atoms with Crippen LogP contribution in [0.4, 0.5) is 0 Å². The van der Waals surface area contributed by atoms with E-state index in [-0.39, 0.29) is 0 Å². The lowest BCUT2D eigenvalue weighted by atomic mass is 9.86. The van der Waals surface area contributed by atoms with Crippen molar-refractivity contribution in [3.8, 4) is 11.8 Å². The number of carbonyl (C=O) groups excluding carboxylic acids is 1. The summed E-state index contributed by atoms with van der Waals surface area (Å²) in [5.74, 6) is 0.583. The Labute approximate surface area is 111 Å². The zero-order valence-electron chi connectivity index (χ0n) is 10.7. The lowest BCUT2D eigenvalue weighted by molar-refractivity contribution is -0.112. The van der Waals surface area contributed by atoms with E-state index in [1.807, 2.05) is 6.07 Å². The molecule has 3 N–H and O–H groups in total. The molecule has 100 valence electrons. The first-order valence-corrected chi connectivity index (χ1v) is 5.85. The van der Waals surface area contributed by atoms with Crippen molar-refractivity contribution in [1.29, 1.82) is 5.26 Å². The first-order valence-electron chi connectivity index (χ1n) is 5.85. The van der Waals surface area contributed by atoms with Gasteiger partial charge in [0.05, 0.1) is 17.7 Å². The molecule has 6 nitrogen and oxygen atoms in total. The Morgan fingerprint density at radius 2 is 2.26 bits per heavy atom. The number of nitrogens with zero attached hydrogens (tertiary/aromatic N) is 1. The highest BCUT2D eigenvalue weighted by atomic mass is 16.5. The number of amides is 1. The molecule has 1 amide bonds. The van der Waals surface area contributed by atoms with Gasteiger partial charge < -0.3 is 9.84 Å². The predicted octanol–water partition coefficient (Wildman–Crippen LogP) is 0.382. The third kappa shape index (κ3) is 2.38. The van der Waals surface area contributed by atoms with Gasteiger partial charge in [-0.05, 0) is 32.0 Å². The molecule has 2 unspecified atom stereocenters. The SMILES string of the molecule is CC1(C)Oc2ccc(C#N)cc2C(NNC=O)C1O. The van der Waals surface area contributed by atoms with Crippen LogP contribution in [-0.2, 0) is 4.79 Å². The van der Waals surface area contributed by atoms with Crippen LogP contribution in [0.1, 0.15) is 31.0 Å². The number of hydrogen-bond donors (Lipinski definition) is 3. The standard InChI is InChI=1S/C13H15N3O3/c1-13(2)12(18)11(16-15-7-17)9-5-8(6-14)3-4-10(9)19-13/h3-5,7,11-12,16,18H,1-2H3,(H,15,17). The van der Waals surface area contributed by atoms with E-state index < -0.39 is 17.7 Å². The summed E-state index contributed by atoms with van der Waals surface area (Å²) in [6.45, 7) is 3.52. The summed E-state index contributed by atoms with van der Waals surface area (Å²) in [7, 11) is 0. The van der Waals surface area contributed by atoms with E-state index in [0.717, 1.165) is 0 Å². The lowest BCUT2D eigenvalue weighted by Crippen LogP contribution is -2.54. The number of hydrogen-bond acceptors (Lipinski definition) is 5. The number of nitrogens with one attached hydrogen (secondary N) is 2. The van der Waals surface area contributed by atoms with Crippen LogP contribution in [-0.4, -0.2) is 23.2 Å². The van der Waals surface area contributed by atoms with Gasteiger partial charge in [0.15, 0.2) is 0 Å². The molecule has 1 aromatic rings. The fourth-order valence-electron chi connectivity index (χ4n) is 2.15. The summed E-state index contributed by atoms with van der Waals surface area (Å²) < 4.78 is 5.73. The number of fused-ring (bicyclic) bond motifs is 1. The lowest BCUT2D eigenvalue weighted by Gasteiger charge is -2.42. The van der Waals surface area contributed by atoms with Crippen molar-refractivity contribution >= 4 is 6.41 Å². The minimum Gasteiger partial charge on any atom is -0.485 e. The Bertz CT molecular complexity index is 536. The zero-order valence-corrected chi connectivity index (χ0v) is 10.7. The Kier molecular flexibility index (Phi) is 3.42. The van der Waals surface area contributed by atoms with Crippen LogP contribution in [0.2, 0.25) is 0 Å². The fourth-order valence-corrected chi connectivity index (χ4v) is 2.15. The van der Waals surface area contributed by atoms with Gasteiger partial charge in [0.25, 0.3) is 0 Å². The van der Waals surface area contributed by atoms with Gasteiger partial charge in [-0.1, -0.05) is 0 Å². The Morgan fingerprint density at radius 1 is 1.53 bits per heavy atom. The van der Waals surface area contributed by atoms with E-state index >= 15 is 0 Å². The molecule has 0 spiro atoms. The van der Waals surface area contributed by atoms with Gasteiger partial charge in [0.2, 0.25) is 6.41 Å². The van der Waals surface area contributed by atoms with Gasteiger partial charge in [-0.2, -0.15) is 5.26 Å². The topological polar surface area (TPSA) is 94.4 Å². The van der Waals surface area contributed by atoms with Gasteiger partial charge in [-0.25, -0.2) is 5.43 Å². The molecule has 1 aromatic carbocycles. The van der Waals surface area contributed by atoms with Crippen LogP contribution in [0, 0.1) is 11.3 Å². The fraction of sp³-hybridized carbons (Fsp3) is 0.385. The molecule has 0 radical (unpaired) electrons. The third-order valence-corrected chi connectivity index (χ3v) is 3.17.